The van der Waals surface area contributed by atoms with E-state index in [1.165, 1.54) is 17.7 Å². The third-order valence-electron chi connectivity index (χ3n) is 3.32. The molecular formula is C14H14N4O4. The second-order valence-corrected chi connectivity index (χ2v) is 4.75. The van der Waals surface area contributed by atoms with E-state index >= 15 is 0 Å². The van der Waals surface area contributed by atoms with E-state index in [1.54, 1.807) is 25.4 Å². The molecule has 0 radical (unpaired) electrons. The predicted molar refractivity (Wildman–Crippen MR) is 80.7 cm³/mol. The van der Waals surface area contributed by atoms with Gasteiger partial charge in [-0.1, -0.05) is 0 Å². The predicted octanol–water partition coefficient (Wildman–Crippen LogP) is 0.259. The number of hydrogen-bond donors (Lipinski definition) is 1. The van der Waals surface area contributed by atoms with Gasteiger partial charge in [0.2, 0.25) is 6.79 Å². The van der Waals surface area contributed by atoms with Crippen LogP contribution in [0.25, 0.3) is 0 Å². The molecule has 1 N–H and O–H groups in total. The van der Waals surface area contributed by atoms with Crippen LogP contribution in [0.5, 0.6) is 11.5 Å². The van der Waals surface area contributed by atoms with Gasteiger partial charge >= 0.3 is 5.69 Å². The lowest BCUT2D eigenvalue weighted by Crippen LogP contribution is -2.37. The Balaban J connectivity index is 1.81. The Morgan fingerprint density at radius 2 is 1.91 bits per heavy atom. The number of hydrogen-bond acceptors (Lipinski definition) is 6. The van der Waals surface area contributed by atoms with E-state index in [1.807, 2.05) is 6.07 Å². The molecule has 0 unspecified atom stereocenters. The van der Waals surface area contributed by atoms with E-state index in [0.717, 1.165) is 10.1 Å². The molecule has 1 aliphatic heterocycles. The van der Waals surface area contributed by atoms with Crippen molar-refractivity contribution < 1.29 is 9.47 Å². The fourth-order valence-electron chi connectivity index (χ4n) is 2.01. The summed E-state index contributed by atoms with van der Waals surface area (Å²) in [6, 6.07) is 6.70. The van der Waals surface area contributed by atoms with Gasteiger partial charge in [0.15, 0.2) is 11.5 Å². The smallest absolute Gasteiger partial charge is 0.332 e. The Morgan fingerprint density at radius 3 is 2.73 bits per heavy atom. The van der Waals surface area contributed by atoms with Gasteiger partial charge in [0, 0.05) is 20.2 Å². The first kappa shape index (κ1) is 13.9. The highest BCUT2D eigenvalue weighted by molar-refractivity contribution is 5.81. The molecule has 2 heterocycles. The van der Waals surface area contributed by atoms with Crippen LogP contribution in [0, 0.1) is 0 Å². The number of nitrogens with one attached hydrogen (secondary N) is 1. The lowest BCUT2D eigenvalue weighted by Gasteiger charge is -2.07. The summed E-state index contributed by atoms with van der Waals surface area (Å²) in [4.78, 5) is 23.4. The first-order valence-corrected chi connectivity index (χ1v) is 6.52. The maximum Gasteiger partial charge on any atom is 0.332 e. The monoisotopic (exact) mass is 302 g/mol. The Labute approximate surface area is 125 Å². The molecule has 0 spiro atoms. The van der Waals surface area contributed by atoms with Crippen molar-refractivity contribution in [3.63, 3.8) is 0 Å². The molecule has 0 fully saturated rings. The van der Waals surface area contributed by atoms with Crippen LogP contribution in [-0.2, 0) is 14.1 Å². The van der Waals surface area contributed by atoms with Crippen LogP contribution < -0.4 is 26.1 Å². The zero-order valence-electron chi connectivity index (χ0n) is 12.1. The normalized spacial score (nSPS) is 12.8. The van der Waals surface area contributed by atoms with Crippen LogP contribution in [0.15, 0.2) is 39.0 Å². The average Bonchev–Trinajstić information content (AvgIpc) is 2.98. The second-order valence-electron chi connectivity index (χ2n) is 4.75. The lowest BCUT2D eigenvalue weighted by atomic mass is 10.2. The standard InChI is InChI=1S/C14H14N4O4/c1-17-12(6-13(19)18(2)14(17)20)16-15-7-9-3-4-10-11(5-9)22-8-21-10/h3-7,16H,8H2,1-2H3. The van der Waals surface area contributed by atoms with Crippen LogP contribution in [0.1, 0.15) is 5.56 Å². The first-order chi connectivity index (χ1) is 10.6. The molecule has 0 amide bonds. The molecule has 1 aromatic heterocycles. The molecule has 8 nitrogen and oxygen atoms in total. The number of aromatic nitrogens is 2. The van der Waals surface area contributed by atoms with Gasteiger partial charge in [0.1, 0.15) is 5.82 Å². The maximum absolute atomic E-state index is 11.8. The van der Waals surface area contributed by atoms with E-state index in [2.05, 4.69) is 10.5 Å². The summed E-state index contributed by atoms with van der Waals surface area (Å²) >= 11 is 0. The zero-order valence-corrected chi connectivity index (χ0v) is 12.1. The van der Waals surface area contributed by atoms with Crippen molar-refractivity contribution in [1.82, 2.24) is 9.13 Å². The molecule has 0 saturated heterocycles. The van der Waals surface area contributed by atoms with Gasteiger partial charge in [-0.2, -0.15) is 5.10 Å². The molecule has 22 heavy (non-hydrogen) atoms. The highest BCUT2D eigenvalue weighted by Gasteiger charge is 2.12. The highest BCUT2D eigenvalue weighted by Crippen LogP contribution is 2.31. The molecule has 3 rings (SSSR count). The van der Waals surface area contributed by atoms with Crippen molar-refractivity contribution in [1.29, 1.82) is 0 Å². The number of rotatable bonds is 3. The van der Waals surface area contributed by atoms with E-state index < -0.39 is 11.2 Å². The van der Waals surface area contributed by atoms with E-state index in [4.69, 9.17) is 9.47 Å². The number of nitrogens with zero attached hydrogens (tertiary/aromatic N) is 3. The Bertz CT molecular complexity index is 866. The quantitative estimate of drug-likeness (QED) is 0.649. The van der Waals surface area contributed by atoms with E-state index in [-0.39, 0.29) is 6.79 Å². The van der Waals surface area contributed by atoms with E-state index in [0.29, 0.717) is 17.3 Å². The molecule has 0 bridgehead atoms. The van der Waals surface area contributed by atoms with Gasteiger partial charge in [-0.3, -0.25) is 19.4 Å². The Kier molecular flexibility index (Phi) is 3.42. The minimum atomic E-state index is -0.423. The largest absolute Gasteiger partial charge is 0.454 e. The summed E-state index contributed by atoms with van der Waals surface area (Å²) in [5, 5.41) is 4.03. The van der Waals surface area contributed by atoms with E-state index in [9.17, 15) is 9.59 Å². The van der Waals surface area contributed by atoms with Crippen molar-refractivity contribution in [3.05, 3.63) is 50.7 Å². The number of ether oxygens (including phenoxy) is 2. The van der Waals surface area contributed by atoms with Crippen LogP contribution >= 0.6 is 0 Å². The maximum atomic E-state index is 11.8. The molecule has 0 saturated carbocycles. The number of fused-ring (bicyclic) bond motifs is 1. The third-order valence-corrected chi connectivity index (χ3v) is 3.32. The van der Waals surface area contributed by atoms with Crippen molar-refractivity contribution >= 4 is 12.0 Å². The molecule has 114 valence electrons. The van der Waals surface area contributed by atoms with Gasteiger partial charge in [-0.25, -0.2) is 4.79 Å². The van der Waals surface area contributed by atoms with Gasteiger partial charge in [0.25, 0.3) is 5.56 Å². The van der Waals surface area contributed by atoms with Gasteiger partial charge in [0.05, 0.1) is 6.21 Å². The summed E-state index contributed by atoms with van der Waals surface area (Å²) in [5.74, 6) is 1.66. The lowest BCUT2D eigenvalue weighted by molar-refractivity contribution is 0.174. The van der Waals surface area contributed by atoms with Crippen LogP contribution in [0.2, 0.25) is 0 Å². The van der Waals surface area contributed by atoms with Crippen LogP contribution in [0.4, 0.5) is 5.82 Å². The average molecular weight is 302 g/mol. The van der Waals surface area contributed by atoms with Crippen LogP contribution in [-0.4, -0.2) is 22.1 Å². The third kappa shape index (κ3) is 2.46. The molecule has 0 atom stereocenters. The zero-order chi connectivity index (χ0) is 15.7. The topological polar surface area (TPSA) is 86.8 Å². The summed E-state index contributed by atoms with van der Waals surface area (Å²) in [6.45, 7) is 0.212. The fraction of sp³-hybridized carbons (Fsp3) is 0.214. The summed E-state index contributed by atoms with van der Waals surface area (Å²) in [6.07, 6.45) is 1.56. The van der Waals surface area contributed by atoms with Crippen molar-refractivity contribution in [2.24, 2.45) is 19.2 Å². The minimum Gasteiger partial charge on any atom is -0.454 e. The SMILES string of the molecule is Cn1c(NN=Cc2ccc3c(c2)OCO3)cc(=O)n(C)c1=O. The van der Waals surface area contributed by atoms with Crippen molar-refractivity contribution in [2.45, 2.75) is 0 Å². The van der Waals surface area contributed by atoms with Gasteiger partial charge in [-0.15, -0.1) is 0 Å². The first-order valence-electron chi connectivity index (χ1n) is 6.52. The Morgan fingerprint density at radius 1 is 1.14 bits per heavy atom. The van der Waals surface area contributed by atoms with Crippen molar-refractivity contribution in [2.75, 3.05) is 12.2 Å². The molecule has 8 heteroatoms. The minimum absolute atomic E-state index is 0.212. The second kappa shape index (κ2) is 5.40. The van der Waals surface area contributed by atoms with Gasteiger partial charge in [-0.05, 0) is 23.8 Å². The molecule has 2 aromatic rings. The molecule has 0 aliphatic carbocycles. The van der Waals surface area contributed by atoms with Crippen LogP contribution in [0.3, 0.4) is 0 Å². The van der Waals surface area contributed by atoms with Crippen molar-refractivity contribution in [3.8, 4) is 11.5 Å². The summed E-state index contributed by atoms with van der Waals surface area (Å²) < 4.78 is 12.8. The molecule has 1 aromatic carbocycles. The Hall–Kier alpha value is -3.03. The molecule has 1 aliphatic rings. The highest BCUT2D eigenvalue weighted by atomic mass is 16.7. The molecular weight excluding hydrogens is 288 g/mol. The summed E-state index contributed by atoms with van der Waals surface area (Å²) in [7, 11) is 2.98. The number of hydrazone groups is 1. The van der Waals surface area contributed by atoms with Gasteiger partial charge < -0.3 is 9.47 Å². The number of benzene rings is 1. The summed E-state index contributed by atoms with van der Waals surface area (Å²) in [5.41, 5.74) is 2.66. The number of anilines is 1. The fourth-order valence-corrected chi connectivity index (χ4v) is 2.01.